The minimum atomic E-state index is -0.327. The molecule has 2 aliphatic heterocycles. The number of fused-ring (bicyclic) bond motifs is 3. The Bertz CT molecular complexity index is 753. The van der Waals surface area contributed by atoms with Gasteiger partial charge in [0.05, 0.1) is 5.69 Å². The van der Waals surface area contributed by atoms with E-state index in [0.717, 1.165) is 41.4 Å². The summed E-state index contributed by atoms with van der Waals surface area (Å²) in [6.07, 6.45) is 3.36. The fourth-order valence-corrected chi connectivity index (χ4v) is 3.65. The van der Waals surface area contributed by atoms with Crippen LogP contribution in [0, 0.1) is 0 Å². The highest BCUT2D eigenvalue weighted by atomic mass is 16.5. The lowest BCUT2D eigenvalue weighted by Crippen LogP contribution is -2.55. The normalized spacial score (nSPS) is 23.7. The average Bonchev–Trinajstić information content (AvgIpc) is 2.55. The van der Waals surface area contributed by atoms with Gasteiger partial charge in [0.15, 0.2) is 5.84 Å². The van der Waals surface area contributed by atoms with E-state index in [0.29, 0.717) is 12.5 Å². The van der Waals surface area contributed by atoms with Crippen LogP contribution in [0.1, 0.15) is 58.4 Å². The number of amidine groups is 1. The molecule has 25 heavy (non-hydrogen) atoms. The fraction of sp³-hybridized carbons (Fsp3) is 0.579. The van der Waals surface area contributed by atoms with Gasteiger partial charge in [0, 0.05) is 11.6 Å². The number of rotatable bonds is 3. The summed E-state index contributed by atoms with van der Waals surface area (Å²) in [5.74, 6) is 2.61. The first kappa shape index (κ1) is 16.2. The third-order valence-electron chi connectivity index (χ3n) is 5.44. The Kier molecular flexibility index (Phi) is 3.67. The van der Waals surface area contributed by atoms with Crippen LogP contribution in [0.15, 0.2) is 17.2 Å². The zero-order valence-corrected chi connectivity index (χ0v) is 15.3. The van der Waals surface area contributed by atoms with Gasteiger partial charge >= 0.3 is 0 Å². The van der Waals surface area contributed by atoms with Crippen LogP contribution in [0.25, 0.3) is 0 Å². The molecule has 6 nitrogen and oxygen atoms in total. The number of ether oxygens (including phenoxy) is 2. The summed E-state index contributed by atoms with van der Waals surface area (Å²) in [6, 6.07) is 3.76. The minimum absolute atomic E-state index is 0.0881. The van der Waals surface area contributed by atoms with Crippen molar-refractivity contribution in [1.29, 1.82) is 0 Å². The van der Waals surface area contributed by atoms with Gasteiger partial charge in [0.25, 0.3) is 5.91 Å². The van der Waals surface area contributed by atoms with Gasteiger partial charge in [-0.1, -0.05) is 13.8 Å². The molecular weight excluding hydrogens is 318 g/mol. The zero-order valence-electron chi connectivity index (χ0n) is 15.3. The maximum absolute atomic E-state index is 12.1. The van der Waals surface area contributed by atoms with Crippen molar-refractivity contribution in [3.8, 4) is 11.5 Å². The molecule has 0 spiro atoms. The van der Waals surface area contributed by atoms with Crippen LogP contribution in [-0.4, -0.2) is 30.0 Å². The molecule has 2 heterocycles. The van der Waals surface area contributed by atoms with Crippen molar-refractivity contribution in [3.63, 3.8) is 0 Å². The Labute approximate surface area is 148 Å². The molecule has 0 radical (unpaired) electrons. The highest BCUT2D eigenvalue weighted by molar-refractivity contribution is 6.09. The molecule has 0 saturated heterocycles. The van der Waals surface area contributed by atoms with Crippen molar-refractivity contribution in [2.45, 2.75) is 64.5 Å². The second-order valence-electron chi connectivity index (χ2n) is 7.76. The van der Waals surface area contributed by atoms with E-state index in [4.69, 9.17) is 9.47 Å². The largest absolute Gasteiger partial charge is 0.487 e. The monoisotopic (exact) mass is 343 g/mol. The van der Waals surface area contributed by atoms with Gasteiger partial charge in [-0.15, -0.1) is 0 Å². The van der Waals surface area contributed by atoms with Gasteiger partial charge in [-0.05, 0) is 45.1 Å². The smallest absolute Gasteiger partial charge is 0.262 e. The number of hydrazone groups is 1. The highest BCUT2D eigenvalue weighted by Gasteiger charge is 2.38. The lowest BCUT2D eigenvalue weighted by molar-refractivity contribution is -0.122. The predicted molar refractivity (Wildman–Crippen MR) is 96.4 cm³/mol. The van der Waals surface area contributed by atoms with Crippen molar-refractivity contribution in [2.75, 3.05) is 11.5 Å². The molecule has 1 fully saturated rings. The van der Waals surface area contributed by atoms with Crippen LogP contribution < -0.4 is 19.8 Å². The maximum atomic E-state index is 12.1. The summed E-state index contributed by atoms with van der Waals surface area (Å²) in [4.78, 5) is 14.0. The van der Waals surface area contributed by atoms with E-state index in [1.807, 2.05) is 17.9 Å². The number of anilines is 1. The van der Waals surface area contributed by atoms with Crippen LogP contribution in [-0.2, 0) is 4.79 Å². The van der Waals surface area contributed by atoms with Crippen LogP contribution in [0.2, 0.25) is 0 Å². The number of hydrogen-bond donors (Lipinski definition) is 1. The lowest BCUT2D eigenvalue weighted by atomic mass is 9.81. The van der Waals surface area contributed by atoms with Gasteiger partial charge in [0.1, 0.15) is 29.7 Å². The van der Waals surface area contributed by atoms with E-state index in [-0.39, 0.29) is 17.6 Å². The molecule has 1 saturated carbocycles. The first-order valence-corrected chi connectivity index (χ1v) is 9.03. The minimum Gasteiger partial charge on any atom is -0.487 e. The van der Waals surface area contributed by atoms with Crippen molar-refractivity contribution in [3.05, 3.63) is 17.7 Å². The molecule has 134 valence electrons. The number of nitrogens with one attached hydrogen (secondary N) is 1. The second-order valence-corrected chi connectivity index (χ2v) is 7.76. The molecule has 0 aromatic heterocycles. The molecule has 1 aliphatic carbocycles. The molecule has 1 atom stereocenters. The summed E-state index contributed by atoms with van der Waals surface area (Å²) in [5, 5.41) is 4.15. The van der Waals surface area contributed by atoms with Crippen LogP contribution in [0.3, 0.4) is 0 Å². The lowest BCUT2D eigenvalue weighted by Gasteiger charge is -2.41. The molecule has 1 unspecified atom stereocenters. The van der Waals surface area contributed by atoms with Crippen LogP contribution in [0.4, 0.5) is 5.69 Å². The summed E-state index contributed by atoms with van der Waals surface area (Å²) in [7, 11) is 0. The quantitative estimate of drug-likeness (QED) is 0.916. The van der Waals surface area contributed by atoms with Crippen LogP contribution >= 0.6 is 0 Å². The SMILES string of the molecule is CC(C)c1cc2c(cc1OC1(C)CCC1)N1C(=NNC(=O)C1C)CO2. The zero-order chi connectivity index (χ0) is 17.8. The molecular formula is C19H25N3O3. The average molecular weight is 343 g/mol. The van der Waals surface area contributed by atoms with Gasteiger partial charge < -0.3 is 14.4 Å². The van der Waals surface area contributed by atoms with E-state index < -0.39 is 0 Å². The molecule has 6 heteroatoms. The number of carbonyl (C=O) groups is 1. The number of carbonyl (C=O) groups excluding carboxylic acids is 1. The predicted octanol–water partition coefficient (Wildman–Crippen LogP) is 3.16. The molecule has 0 bridgehead atoms. The maximum Gasteiger partial charge on any atom is 0.262 e. The second kappa shape index (κ2) is 5.64. The van der Waals surface area contributed by atoms with Gasteiger partial charge in [-0.25, -0.2) is 5.43 Å². The van der Waals surface area contributed by atoms with Crippen molar-refractivity contribution in [1.82, 2.24) is 5.43 Å². The molecule has 3 aliphatic rings. The molecule has 1 N–H and O–H groups in total. The number of amides is 1. The van der Waals surface area contributed by atoms with Crippen molar-refractivity contribution in [2.24, 2.45) is 5.10 Å². The van der Waals surface area contributed by atoms with Gasteiger partial charge in [0.2, 0.25) is 0 Å². The third kappa shape index (κ3) is 2.64. The van der Waals surface area contributed by atoms with Gasteiger partial charge in [-0.3, -0.25) is 4.79 Å². The number of benzene rings is 1. The Morgan fingerprint density at radius 3 is 2.80 bits per heavy atom. The van der Waals surface area contributed by atoms with E-state index in [1.54, 1.807) is 0 Å². The standard InChI is InChI=1S/C19H25N3O3/c1-11(2)13-8-16-14(9-15(13)25-19(4)6-5-7-19)22-12(3)18(23)21-20-17(22)10-24-16/h8-9,11-12H,5-7,10H2,1-4H3,(H,21,23). The Hall–Kier alpha value is -2.24. The molecule has 4 rings (SSSR count). The van der Waals surface area contributed by atoms with E-state index >= 15 is 0 Å². The first-order chi connectivity index (χ1) is 11.9. The molecule has 1 aromatic rings. The van der Waals surface area contributed by atoms with E-state index in [9.17, 15) is 4.79 Å². The van der Waals surface area contributed by atoms with E-state index in [1.165, 1.54) is 6.42 Å². The Morgan fingerprint density at radius 1 is 1.40 bits per heavy atom. The fourth-order valence-electron chi connectivity index (χ4n) is 3.65. The first-order valence-electron chi connectivity index (χ1n) is 9.03. The summed E-state index contributed by atoms with van der Waals surface area (Å²) >= 11 is 0. The molecule has 1 aromatic carbocycles. The van der Waals surface area contributed by atoms with Gasteiger partial charge in [-0.2, -0.15) is 5.10 Å². The summed E-state index contributed by atoms with van der Waals surface area (Å²) in [5.41, 5.74) is 4.47. The Morgan fingerprint density at radius 2 is 2.16 bits per heavy atom. The number of hydrogen-bond acceptors (Lipinski definition) is 5. The van der Waals surface area contributed by atoms with E-state index in [2.05, 4.69) is 37.4 Å². The summed E-state index contributed by atoms with van der Waals surface area (Å²) in [6.45, 7) is 8.71. The Balaban J connectivity index is 1.79. The van der Waals surface area contributed by atoms with Crippen LogP contribution in [0.5, 0.6) is 11.5 Å². The van der Waals surface area contributed by atoms with Crippen molar-refractivity contribution < 1.29 is 14.3 Å². The van der Waals surface area contributed by atoms with Crippen molar-refractivity contribution >= 4 is 17.4 Å². The topological polar surface area (TPSA) is 63.2 Å². The number of nitrogens with zero attached hydrogens (tertiary/aromatic N) is 2. The third-order valence-corrected chi connectivity index (χ3v) is 5.44. The summed E-state index contributed by atoms with van der Waals surface area (Å²) < 4.78 is 12.3. The molecule has 1 amide bonds. The highest BCUT2D eigenvalue weighted by Crippen LogP contribution is 2.45.